The first-order valence-corrected chi connectivity index (χ1v) is 6.80. The van der Waals surface area contributed by atoms with Gasteiger partial charge in [-0.15, -0.1) is 0 Å². The molecule has 0 unspecified atom stereocenters. The number of hydrogen-bond donors (Lipinski definition) is 1. The molecule has 96 valence electrons. The van der Waals surface area contributed by atoms with Crippen molar-refractivity contribution in [3.63, 3.8) is 0 Å². The van der Waals surface area contributed by atoms with Crippen molar-refractivity contribution in [1.29, 1.82) is 0 Å². The zero-order chi connectivity index (χ0) is 12.7. The van der Waals surface area contributed by atoms with Crippen LogP contribution in [0.4, 0.5) is 0 Å². The predicted molar refractivity (Wildman–Crippen MR) is 76.5 cm³/mol. The third-order valence-corrected chi connectivity index (χ3v) is 3.31. The van der Waals surface area contributed by atoms with Crippen molar-refractivity contribution in [2.75, 3.05) is 13.6 Å². The van der Waals surface area contributed by atoms with Crippen molar-refractivity contribution in [3.05, 3.63) is 35.4 Å². The monoisotopic (exact) mass is 233 g/mol. The van der Waals surface area contributed by atoms with Crippen molar-refractivity contribution in [1.82, 2.24) is 5.32 Å². The fraction of sp³-hybridized carbons (Fsp3) is 0.625. The lowest BCUT2D eigenvalue weighted by Gasteiger charge is -2.24. The van der Waals surface area contributed by atoms with E-state index < -0.39 is 0 Å². The molecule has 1 aromatic rings. The third-order valence-electron chi connectivity index (χ3n) is 3.31. The minimum Gasteiger partial charge on any atom is -0.319 e. The van der Waals surface area contributed by atoms with Gasteiger partial charge in [0, 0.05) is 0 Å². The molecule has 0 aliphatic rings. The maximum Gasteiger partial charge on any atom is -0.0000373 e. The van der Waals surface area contributed by atoms with Crippen molar-refractivity contribution in [2.24, 2.45) is 5.41 Å². The van der Waals surface area contributed by atoms with E-state index >= 15 is 0 Å². The second kappa shape index (κ2) is 6.80. The molecule has 0 spiro atoms. The zero-order valence-electron chi connectivity index (χ0n) is 11.8. The first-order valence-electron chi connectivity index (χ1n) is 6.80. The molecule has 1 N–H and O–H groups in total. The Morgan fingerprint density at radius 1 is 1.00 bits per heavy atom. The van der Waals surface area contributed by atoms with Gasteiger partial charge in [-0.1, -0.05) is 51.5 Å². The van der Waals surface area contributed by atoms with Crippen molar-refractivity contribution in [3.8, 4) is 0 Å². The van der Waals surface area contributed by atoms with Crippen LogP contribution in [0.2, 0.25) is 0 Å². The van der Waals surface area contributed by atoms with E-state index in [1.54, 1.807) is 0 Å². The smallest absolute Gasteiger partial charge is 0.0000373 e. The third kappa shape index (κ3) is 5.36. The molecular weight excluding hydrogens is 206 g/mol. The molecule has 0 heterocycles. The van der Waals surface area contributed by atoms with Gasteiger partial charge in [0.2, 0.25) is 0 Å². The van der Waals surface area contributed by atoms with Gasteiger partial charge in [-0.25, -0.2) is 0 Å². The number of nitrogens with one attached hydrogen (secondary N) is 1. The van der Waals surface area contributed by atoms with Crippen molar-refractivity contribution in [2.45, 2.75) is 46.5 Å². The predicted octanol–water partition coefficient (Wildman–Crippen LogP) is 3.82. The average molecular weight is 233 g/mol. The topological polar surface area (TPSA) is 12.0 Å². The van der Waals surface area contributed by atoms with Gasteiger partial charge >= 0.3 is 0 Å². The van der Waals surface area contributed by atoms with E-state index in [1.807, 2.05) is 7.05 Å². The van der Waals surface area contributed by atoms with Crippen LogP contribution in [0.15, 0.2) is 24.3 Å². The van der Waals surface area contributed by atoms with E-state index in [1.165, 1.54) is 36.8 Å². The normalized spacial score (nSPS) is 11.8. The van der Waals surface area contributed by atoms with Crippen molar-refractivity contribution < 1.29 is 0 Å². The first kappa shape index (κ1) is 14.2. The molecule has 1 heteroatoms. The van der Waals surface area contributed by atoms with Crippen LogP contribution in [0.5, 0.6) is 0 Å². The number of aryl methyl sites for hydroxylation is 2. The first-order chi connectivity index (χ1) is 8.07. The maximum atomic E-state index is 3.27. The second-order valence-electron chi connectivity index (χ2n) is 5.76. The van der Waals surface area contributed by atoms with Gasteiger partial charge in [-0.3, -0.25) is 0 Å². The Morgan fingerprint density at radius 2 is 1.53 bits per heavy atom. The van der Waals surface area contributed by atoms with Crippen LogP contribution in [0, 0.1) is 5.41 Å². The Morgan fingerprint density at radius 3 is 2.00 bits per heavy atom. The molecule has 0 fully saturated rings. The summed E-state index contributed by atoms with van der Waals surface area (Å²) in [5.74, 6) is 0. The fourth-order valence-electron chi connectivity index (χ4n) is 2.21. The summed E-state index contributed by atoms with van der Waals surface area (Å²) in [6, 6.07) is 9.15. The molecule has 0 aromatic heterocycles. The van der Waals surface area contributed by atoms with Gasteiger partial charge in [-0.2, -0.15) is 0 Å². The molecule has 1 nitrogen and oxygen atoms in total. The molecule has 0 saturated carbocycles. The lowest BCUT2D eigenvalue weighted by atomic mass is 9.86. The molecule has 0 amide bonds. The van der Waals surface area contributed by atoms with Crippen LogP contribution in [-0.4, -0.2) is 13.6 Å². The Kier molecular flexibility index (Phi) is 5.70. The second-order valence-corrected chi connectivity index (χ2v) is 5.76. The van der Waals surface area contributed by atoms with Crippen molar-refractivity contribution >= 4 is 0 Å². The summed E-state index contributed by atoms with van der Waals surface area (Å²) < 4.78 is 0. The summed E-state index contributed by atoms with van der Waals surface area (Å²) in [6.45, 7) is 7.97. The standard InChI is InChI=1S/C16H27N/c1-5-6-14-7-9-15(10-8-14)11-12-16(2,3)13-17-4/h7-10,17H,5-6,11-13H2,1-4H3. The summed E-state index contributed by atoms with van der Waals surface area (Å²) in [6.07, 6.45) is 4.85. The lowest BCUT2D eigenvalue weighted by molar-refractivity contribution is 0.324. The van der Waals surface area contributed by atoms with Gasteiger partial charge in [-0.05, 0) is 49.4 Å². The van der Waals surface area contributed by atoms with Crippen LogP contribution in [0.3, 0.4) is 0 Å². The molecule has 1 aromatic carbocycles. The van der Waals surface area contributed by atoms with Gasteiger partial charge in [0.05, 0.1) is 0 Å². The molecule has 0 atom stereocenters. The quantitative estimate of drug-likeness (QED) is 0.755. The molecule has 17 heavy (non-hydrogen) atoms. The minimum absolute atomic E-state index is 0.386. The summed E-state index contributed by atoms with van der Waals surface area (Å²) in [4.78, 5) is 0. The molecule has 1 rings (SSSR count). The SMILES string of the molecule is CCCc1ccc(CCC(C)(C)CNC)cc1. The highest BCUT2D eigenvalue weighted by Gasteiger charge is 2.16. The van der Waals surface area contributed by atoms with E-state index in [9.17, 15) is 0 Å². The summed E-state index contributed by atoms with van der Waals surface area (Å²) in [5.41, 5.74) is 3.32. The number of rotatable bonds is 7. The highest BCUT2D eigenvalue weighted by atomic mass is 14.8. The van der Waals surface area contributed by atoms with Crippen LogP contribution in [-0.2, 0) is 12.8 Å². The largest absolute Gasteiger partial charge is 0.319 e. The lowest BCUT2D eigenvalue weighted by Crippen LogP contribution is -2.27. The van der Waals surface area contributed by atoms with Gasteiger partial charge in [0.1, 0.15) is 0 Å². The van der Waals surface area contributed by atoms with E-state index in [4.69, 9.17) is 0 Å². The highest BCUT2D eigenvalue weighted by Crippen LogP contribution is 2.22. The molecular formula is C16H27N. The molecule has 0 aliphatic carbocycles. The summed E-state index contributed by atoms with van der Waals surface area (Å²) in [5, 5.41) is 3.27. The maximum absolute atomic E-state index is 3.27. The van der Waals surface area contributed by atoms with Crippen LogP contribution in [0.1, 0.15) is 44.7 Å². The fourth-order valence-corrected chi connectivity index (χ4v) is 2.21. The highest BCUT2D eigenvalue weighted by molar-refractivity contribution is 5.22. The van der Waals surface area contributed by atoms with E-state index in [0.717, 1.165) is 6.54 Å². The molecule has 0 aliphatic heterocycles. The number of benzene rings is 1. The Bertz CT molecular complexity index is 311. The molecule has 0 radical (unpaired) electrons. The average Bonchev–Trinajstić information content (AvgIpc) is 2.29. The summed E-state index contributed by atoms with van der Waals surface area (Å²) in [7, 11) is 2.03. The minimum atomic E-state index is 0.386. The summed E-state index contributed by atoms with van der Waals surface area (Å²) >= 11 is 0. The van der Waals surface area contributed by atoms with Gasteiger partial charge in [0.25, 0.3) is 0 Å². The Balaban J connectivity index is 2.46. The number of hydrogen-bond acceptors (Lipinski definition) is 1. The van der Waals surface area contributed by atoms with Crippen LogP contribution >= 0.6 is 0 Å². The van der Waals surface area contributed by atoms with Gasteiger partial charge < -0.3 is 5.32 Å². The van der Waals surface area contributed by atoms with Crippen LogP contribution in [0.25, 0.3) is 0 Å². The van der Waals surface area contributed by atoms with E-state index in [0.29, 0.717) is 5.41 Å². The Hall–Kier alpha value is -0.820. The van der Waals surface area contributed by atoms with Gasteiger partial charge in [0.15, 0.2) is 0 Å². The molecule has 0 bridgehead atoms. The van der Waals surface area contributed by atoms with E-state index in [-0.39, 0.29) is 0 Å². The Labute approximate surface area is 107 Å². The van der Waals surface area contributed by atoms with Crippen LogP contribution < -0.4 is 5.32 Å². The zero-order valence-corrected chi connectivity index (χ0v) is 11.8. The van der Waals surface area contributed by atoms with E-state index in [2.05, 4.69) is 50.4 Å². The molecule has 0 saturated heterocycles.